The Morgan fingerprint density at radius 1 is 0.870 bits per heavy atom. The van der Waals surface area contributed by atoms with E-state index in [1.807, 2.05) is 0 Å². The summed E-state index contributed by atoms with van der Waals surface area (Å²) in [5.74, 6) is 1.24. The van der Waals surface area contributed by atoms with Crippen molar-refractivity contribution in [3.8, 4) is 0 Å². The zero-order valence-corrected chi connectivity index (χ0v) is 16.0. The van der Waals surface area contributed by atoms with Crippen LogP contribution in [0.3, 0.4) is 0 Å². The number of unbranched alkanes of at least 4 members (excludes halogenated alkanes) is 7. The maximum Gasteiger partial charge on any atom is 0.0962 e. The topological polar surface area (TPSA) is 24.8 Å². The van der Waals surface area contributed by atoms with Crippen LogP contribution in [0.15, 0.2) is 4.99 Å². The Bertz CT molecular complexity index is 298. The van der Waals surface area contributed by atoms with Gasteiger partial charge in [0.25, 0.3) is 0 Å². The second-order valence-corrected chi connectivity index (χ2v) is 6.98. The zero-order chi connectivity index (χ0) is 16.8. The minimum absolute atomic E-state index is 0.538. The first-order valence-corrected chi connectivity index (χ1v) is 10.1. The summed E-state index contributed by atoms with van der Waals surface area (Å²) in [5, 5.41) is 0. The fourth-order valence-corrected chi connectivity index (χ4v) is 3.30. The highest BCUT2D eigenvalue weighted by atomic mass is 16.5. The third kappa shape index (κ3) is 10.0. The molecule has 3 heteroatoms. The van der Waals surface area contributed by atoms with Crippen molar-refractivity contribution in [2.75, 3.05) is 26.3 Å². The molecule has 1 rings (SSSR count). The van der Waals surface area contributed by atoms with Crippen LogP contribution in [0.4, 0.5) is 0 Å². The molecule has 0 radical (unpaired) electrons. The minimum atomic E-state index is 0.538. The molecule has 0 spiro atoms. The molecule has 0 aromatic rings. The summed E-state index contributed by atoms with van der Waals surface area (Å²) in [6.07, 6.45) is 14.8. The Hall–Kier alpha value is -0.570. The van der Waals surface area contributed by atoms with Crippen LogP contribution >= 0.6 is 0 Å². The highest BCUT2D eigenvalue weighted by Crippen LogP contribution is 2.16. The summed E-state index contributed by atoms with van der Waals surface area (Å²) in [6.45, 7) is 10.5. The first-order valence-electron chi connectivity index (χ1n) is 10.1. The van der Waals surface area contributed by atoms with Gasteiger partial charge in [-0.15, -0.1) is 0 Å². The number of hydrogen-bond acceptors (Lipinski definition) is 2. The number of hydrogen-bond donors (Lipinski definition) is 0. The van der Waals surface area contributed by atoms with Crippen LogP contribution in [0.2, 0.25) is 0 Å². The standard InChI is InChI=1S/C20H40N2O/c1-4-6-8-10-12-14-20(13-11-9-7-5-2)21-19(3)22-15-17-23-18-16-22/h20H,4-18H2,1-3H3. The zero-order valence-electron chi connectivity index (χ0n) is 16.0. The molecule has 0 amide bonds. The summed E-state index contributed by atoms with van der Waals surface area (Å²) >= 11 is 0. The second-order valence-electron chi connectivity index (χ2n) is 6.98. The molecule has 1 atom stereocenters. The molecule has 1 aliphatic heterocycles. The number of rotatable bonds is 12. The summed E-state index contributed by atoms with van der Waals surface area (Å²) in [6, 6.07) is 0.538. The molecule has 136 valence electrons. The number of aliphatic imine (C=N–C) groups is 1. The normalized spacial score (nSPS) is 17.5. The predicted octanol–water partition coefficient (Wildman–Crippen LogP) is 5.44. The molecule has 23 heavy (non-hydrogen) atoms. The van der Waals surface area contributed by atoms with Crippen molar-refractivity contribution in [2.45, 2.75) is 97.4 Å². The highest BCUT2D eigenvalue weighted by molar-refractivity contribution is 5.80. The van der Waals surface area contributed by atoms with Crippen LogP contribution in [-0.4, -0.2) is 43.1 Å². The summed E-state index contributed by atoms with van der Waals surface area (Å²) in [4.78, 5) is 7.51. The fraction of sp³-hybridized carbons (Fsp3) is 0.950. The van der Waals surface area contributed by atoms with Crippen LogP contribution in [0.1, 0.15) is 91.4 Å². The van der Waals surface area contributed by atoms with Crippen molar-refractivity contribution < 1.29 is 4.74 Å². The van der Waals surface area contributed by atoms with Gasteiger partial charge in [0.2, 0.25) is 0 Å². The smallest absolute Gasteiger partial charge is 0.0962 e. The molecular formula is C20H40N2O. The van der Waals surface area contributed by atoms with Crippen LogP contribution in [0.25, 0.3) is 0 Å². The molecule has 0 bridgehead atoms. The largest absolute Gasteiger partial charge is 0.378 e. The van der Waals surface area contributed by atoms with Gasteiger partial charge in [-0.05, 0) is 19.8 Å². The Morgan fingerprint density at radius 2 is 1.39 bits per heavy atom. The third-order valence-corrected chi connectivity index (χ3v) is 4.87. The average Bonchev–Trinajstić information content (AvgIpc) is 2.59. The molecule has 0 N–H and O–H groups in total. The molecule has 0 saturated carbocycles. The van der Waals surface area contributed by atoms with Gasteiger partial charge in [0.15, 0.2) is 0 Å². The SMILES string of the molecule is CCCCCCCC(CCCCCC)N=C(C)N1CCOCC1. The van der Waals surface area contributed by atoms with Gasteiger partial charge in [-0.25, -0.2) is 0 Å². The van der Waals surface area contributed by atoms with E-state index in [0.29, 0.717) is 6.04 Å². The van der Waals surface area contributed by atoms with E-state index in [1.54, 1.807) is 0 Å². The van der Waals surface area contributed by atoms with E-state index in [2.05, 4.69) is 25.7 Å². The van der Waals surface area contributed by atoms with Gasteiger partial charge in [0.1, 0.15) is 0 Å². The lowest BCUT2D eigenvalue weighted by Gasteiger charge is -2.29. The predicted molar refractivity (Wildman–Crippen MR) is 101 cm³/mol. The van der Waals surface area contributed by atoms with Gasteiger partial charge in [-0.1, -0.05) is 71.6 Å². The summed E-state index contributed by atoms with van der Waals surface area (Å²) in [7, 11) is 0. The Kier molecular flexibility index (Phi) is 12.3. The Balaban J connectivity index is 2.40. The van der Waals surface area contributed by atoms with Crippen LogP contribution < -0.4 is 0 Å². The van der Waals surface area contributed by atoms with Gasteiger partial charge in [0, 0.05) is 13.1 Å². The van der Waals surface area contributed by atoms with Gasteiger partial charge in [-0.3, -0.25) is 4.99 Å². The van der Waals surface area contributed by atoms with E-state index in [-0.39, 0.29) is 0 Å². The van der Waals surface area contributed by atoms with Crippen LogP contribution in [-0.2, 0) is 4.74 Å². The number of amidine groups is 1. The van der Waals surface area contributed by atoms with E-state index >= 15 is 0 Å². The van der Waals surface area contributed by atoms with Crippen LogP contribution in [0, 0.1) is 0 Å². The molecule has 3 nitrogen and oxygen atoms in total. The van der Waals surface area contributed by atoms with Crippen molar-refractivity contribution in [1.82, 2.24) is 4.90 Å². The van der Waals surface area contributed by atoms with Crippen molar-refractivity contribution in [1.29, 1.82) is 0 Å². The third-order valence-electron chi connectivity index (χ3n) is 4.87. The Labute approximate surface area is 144 Å². The molecule has 1 saturated heterocycles. The van der Waals surface area contributed by atoms with Crippen LogP contribution in [0.5, 0.6) is 0 Å². The van der Waals surface area contributed by atoms with E-state index in [1.165, 1.54) is 76.5 Å². The highest BCUT2D eigenvalue weighted by Gasteiger charge is 2.14. The minimum Gasteiger partial charge on any atom is -0.378 e. The molecule has 0 aromatic carbocycles. The lowest BCUT2D eigenvalue weighted by Crippen LogP contribution is -2.40. The lowest BCUT2D eigenvalue weighted by atomic mass is 10.0. The fourth-order valence-electron chi connectivity index (χ4n) is 3.30. The summed E-state index contributed by atoms with van der Waals surface area (Å²) < 4.78 is 5.45. The second kappa shape index (κ2) is 13.8. The van der Waals surface area contributed by atoms with Gasteiger partial charge in [-0.2, -0.15) is 0 Å². The molecule has 0 aliphatic carbocycles. The first-order chi connectivity index (χ1) is 11.3. The quantitative estimate of drug-likeness (QED) is 0.271. The van der Waals surface area contributed by atoms with Crippen molar-refractivity contribution in [2.24, 2.45) is 4.99 Å². The van der Waals surface area contributed by atoms with E-state index < -0.39 is 0 Å². The number of morpholine rings is 1. The van der Waals surface area contributed by atoms with E-state index in [4.69, 9.17) is 9.73 Å². The molecular weight excluding hydrogens is 284 g/mol. The average molecular weight is 325 g/mol. The summed E-state index contributed by atoms with van der Waals surface area (Å²) in [5.41, 5.74) is 0. The molecule has 1 unspecified atom stereocenters. The van der Waals surface area contributed by atoms with Gasteiger partial charge < -0.3 is 9.64 Å². The van der Waals surface area contributed by atoms with E-state index in [0.717, 1.165) is 26.3 Å². The van der Waals surface area contributed by atoms with Crippen molar-refractivity contribution >= 4 is 5.84 Å². The Morgan fingerprint density at radius 3 is 1.96 bits per heavy atom. The van der Waals surface area contributed by atoms with Gasteiger partial charge in [0.05, 0.1) is 25.1 Å². The molecule has 1 heterocycles. The first kappa shape index (κ1) is 20.5. The maximum atomic E-state index is 5.45. The monoisotopic (exact) mass is 324 g/mol. The van der Waals surface area contributed by atoms with Crippen molar-refractivity contribution in [3.05, 3.63) is 0 Å². The number of ether oxygens (including phenoxy) is 1. The molecule has 1 aliphatic rings. The maximum absolute atomic E-state index is 5.45. The van der Waals surface area contributed by atoms with Crippen molar-refractivity contribution in [3.63, 3.8) is 0 Å². The number of nitrogens with zero attached hydrogens (tertiary/aromatic N) is 2. The van der Waals surface area contributed by atoms with E-state index in [9.17, 15) is 0 Å². The lowest BCUT2D eigenvalue weighted by molar-refractivity contribution is 0.0675. The molecule has 0 aromatic heterocycles. The molecule has 1 fully saturated rings. The van der Waals surface area contributed by atoms with Gasteiger partial charge >= 0.3 is 0 Å².